The van der Waals surface area contributed by atoms with Crippen LogP contribution in [0.5, 0.6) is 0 Å². The normalized spacial score (nSPS) is 31.3. The maximum absolute atomic E-state index is 12.5. The maximum atomic E-state index is 12.5. The molecule has 1 aliphatic carbocycles. The van der Waals surface area contributed by atoms with Crippen molar-refractivity contribution in [1.82, 2.24) is 10.2 Å². The Morgan fingerprint density at radius 2 is 1.95 bits per heavy atom. The highest BCUT2D eigenvalue weighted by Gasteiger charge is 2.42. The smallest absolute Gasteiger partial charge is 0.247 e. The molecule has 0 spiro atoms. The predicted molar refractivity (Wildman–Crippen MR) is 78.7 cm³/mol. The lowest BCUT2D eigenvalue weighted by atomic mass is 9.94. The van der Waals surface area contributed by atoms with Gasteiger partial charge in [-0.2, -0.15) is 0 Å². The molecule has 0 radical (unpaired) electrons. The third kappa shape index (κ3) is 3.46. The number of carbonyl (C=O) groups excluding carboxylic acids is 2. The third-order valence-electron chi connectivity index (χ3n) is 5.09. The van der Waals surface area contributed by atoms with E-state index in [1.165, 1.54) is 6.42 Å². The molecule has 3 fully saturated rings. The molecule has 2 atom stereocenters. The highest BCUT2D eigenvalue weighted by atomic mass is 16.5. The first-order chi connectivity index (χ1) is 10.3. The van der Waals surface area contributed by atoms with E-state index in [9.17, 15) is 9.59 Å². The molecule has 1 saturated carbocycles. The highest BCUT2D eigenvalue weighted by Crippen LogP contribution is 2.27. The largest absolute Gasteiger partial charge is 0.381 e. The van der Waals surface area contributed by atoms with Crippen LogP contribution in [-0.2, 0) is 14.3 Å². The van der Waals surface area contributed by atoms with Crippen LogP contribution in [0, 0.1) is 5.92 Å². The van der Waals surface area contributed by atoms with E-state index in [-0.39, 0.29) is 23.9 Å². The number of rotatable bonds is 5. The molecule has 0 bridgehead atoms. The first kappa shape index (κ1) is 15.0. The van der Waals surface area contributed by atoms with Crippen molar-refractivity contribution < 1.29 is 14.3 Å². The zero-order valence-electron chi connectivity index (χ0n) is 12.7. The summed E-state index contributed by atoms with van der Waals surface area (Å²) in [6, 6.07) is -0.129. The van der Waals surface area contributed by atoms with Crippen LogP contribution in [0.15, 0.2) is 0 Å². The fraction of sp³-hybridized carbons (Fsp3) is 0.875. The Labute approximate surface area is 126 Å². The maximum Gasteiger partial charge on any atom is 0.247 e. The number of likely N-dealkylation sites (tertiary alicyclic amines) is 1. The molecule has 3 aliphatic rings. The van der Waals surface area contributed by atoms with Crippen molar-refractivity contribution >= 4 is 11.8 Å². The van der Waals surface area contributed by atoms with Crippen molar-refractivity contribution in [3.05, 3.63) is 0 Å². The van der Waals surface area contributed by atoms with Crippen LogP contribution >= 0.6 is 0 Å². The van der Waals surface area contributed by atoms with Gasteiger partial charge in [0, 0.05) is 19.3 Å². The second-order valence-electron chi connectivity index (χ2n) is 6.62. The second-order valence-corrected chi connectivity index (χ2v) is 6.62. The van der Waals surface area contributed by atoms with Gasteiger partial charge >= 0.3 is 0 Å². The molecule has 2 amide bonds. The van der Waals surface area contributed by atoms with Crippen molar-refractivity contribution in [3.8, 4) is 0 Å². The van der Waals surface area contributed by atoms with E-state index in [4.69, 9.17) is 4.74 Å². The van der Waals surface area contributed by atoms with Crippen LogP contribution in [0.3, 0.4) is 0 Å². The van der Waals surface area contributed by atoms with Gasteiger partial charge in [0.05, 0.1) is 12.5 Å². The second kappa shape index (κ2) is 6.88. The zero-order valence-corrected chi connectivity index (χ0v) is 12.7. The molecule has 2 unspecified atom stereocenters. The van der Waals surface area contributed by atoms with Crippen molar-refractivity contribution in [1.29, 1.82) is 0 Å². The molecule has 2 aliphatic heterocycles. The molecule has 2 saturated heterocycles. The summed E-state index contributed by atoms with van der Waals surface area (Å²) >= 11 is 0. The number of nitrogens with zero attached hydrogens (tertiary/aromatic N) is 1. The van der Waals surface area contributed by atoms with Crippen LogP contribution in [-0.4, -0.2) is 48.6 Å². The molecule has 118 valence electrons. The van der Waals surface area contributed by atoms with E-state index in [0.29, 0.717) is 12.3 Å². The van der Waals surface area contributed by atoms with Gasteiger partial charge in [-0.1, -0.05) is 19.3 Å². The van der Waals surface area contributed by atoms with Crippen LogP contribution in [0.2, 0.25) is 0 Å². The fourth-order valence-corrected chi connectivity index (χ4v) is 3.81. The van der Waals surface area contributed by atoms with Crippen molar-refractivity contribution in [2.75, 3.05) is 19.8 Å². The summed E-state index contributed by atoms with van der Waals surface area (Å²) in [5.41, 5.74) is 0. The minimum absolute atomic E-state index is 0.00886. The Balaban J connectivity index is 1.48. The average Bonchev–Trinajstić information content (AvgIpc) is 3.09. The summed E-state index contributed by atoms with van der Waals surface area (Å²) in [6.07, 6.45) is 7.99. The van der Waals surface area contributed by atoms with E-state index in [0.717, 1.165) is 58.3 Å². The van der Waals surface area contributed by atoms with Crippen LogP contribution in [0.4, 0.5) is 0 Å². The van der Waals surface area contributed by atoms with Gasteiger partial charge in [0.15, 0.2) is 0 Å². The number of ether oxygens (including phenoxy) is 1. The standard InChI is InChI=1S/C16H26N2O3/c19-15-10-14(17-8-6-12-7-9-21-11-12)16(20)18(15)13-4-2-1-3-5-13/h12-14,17H,1-11H2. The Bertz CT molecular complexity index is 387. The van der Waals surface area contributed by atoms with Crippen LogP contribution in [0.1, 0.15) is 51.4 Å². The summed E-state index contributed by atoms with van der Waals surface area (Å²) in [5.74, 6) is 0.641. The van der Waals surface area contributed by atoms with Gasteiger partial charge in [-0.15, -0.1) is 0 Å². The van der Waals surface area contributed by atoms with Gasteiger partial charge in [0.25, 0.3) is 0 Å². The van der Waals surface area contributed by atoms with Gasteiger partial charge in [0.2, 0.25) is 11.8 Å². The van der Waals surface area contributed by atoms with Gasteiger partial charge in [-0.3, -0.25) is 14.5 Å². The number of nitrogens with one attached hydrogen (secondary N) is 1. The van der Waals surface area contributed by atoms with E-state index in [1.807, 2.05) is 0 Å². The Morgan fingerprint density at radius 1 is 1.14 bits per heavy atom. The molecule has 0 aromatic carbocycles. The minimum atomic E-state index is -0.290. The van der Waals surface area contributed by atoms with Crippen molar-refractivity contribution in [2.45, 2.75) is 63.5 Å². The number of hydrogen-bond acceptors (Lipinski definition) is 4. The lowest BCUT2D eigenvalue weighted by Gasteiger charge is -2.29. The number of hydrogen-bond donors (Lipinski definition) is 1. The lowest BCUT2D eigenvalue weighted by molar-refractivity contribution is -0.142. The van der Waals surface area contributed by atoms with Gasteiger partial charge in [-0.25, -0.2) is 0 Å². The molecule has 5 heteroatoms. The zero-order chi connectivity index (χ0) is 14.7. The first-order valence-corrected chi connectivity index (χ1v) is 8.42. The molecular weight excluding hydrogens is 268 g/mol. The lowest BCUT2D eigenvalue weighted by Crippen LogP contribution is -2.45. The predicted octanol–water partition coefficient (Wildman–Crippen LogP) is 1.46. The minimum Gasteiger partial charge on any atom is -0.381 e. The Kier molecular flexibility index (Phi) is 4.91. The van der Waals surface area contributed by atoms with Crippen LogP contribution < -0.4 is 5.32 Å². The van der Waals surface area contributed by atoms with E-state index in [2.05, 4.69) is 5.32 Å². The molecule has 0 aromatic heterocycles. The van der Waals surface area contributed by atoms with Crippen molar-refractivity contribution in [2.24, 2.45) is 5.92 Å². The molecule has 3 rings (SSSR count). The summed E-state index contributed by atoms with van der Waals surface area (Å²) in [6.45, 7) is 2.50. The Morgan fingerprint density at radius 3 is 2.67 bits per heavy atom. The summed E-state index contributed by atoms with van der Waals surface area (Å²) < 4.78 is 5.36. The quantitative estimate of drug-likeness (QED) is 0.780. The van der Waals surface area contributed by atoms with Crippen molar-refractivity contribution in [3.63, 3.8) is 0 Å². The number of amides is 2. The molecule has 1 N–H and O–H groups in total. The Hall–Kier alpha value is -0.940. The summed E-state index contributed by atoms with van der Waals surface area (Å²) in [7, 11) is 0. The van der Waals surface area contributed by atoms with E-state index in [1.54, 1.807) is 4.90 Å². The fourth-order valence-electron chi connectivity index (χ4n) is 3.81. The topological polar surface area (TPSA) is 58.6 Å². The van der Waals surface area contributed by atoms with Gasteiger partial charge in [-0.05, 0) is 38.1 Å². The molecule has 0 aromatic rings. The first-order valence-electron chi connectivity index (χ1n) is 8.42. The molecular formula is C16H26N2O3. The molecule has 5 nitrogen and oxygen atoms in total. The number of imide groups is 1. The van der Waals surface area contributed by atoms with Gasteiger partial charge in [0.1, 0.15) is 0 Å². The number of carbonyl (C=O) groups is 2. The summed E-state index contributed by atoms with van der Waals surface area (Å²) in [5, 5.41) is 3.29. The molecule has 2 heterocycles. The van der Waals surface area contributed by atoms with Gasteiger partial charge < -0.3 is 10.1 Å². The summed E-state index contributed by atoms with van der Waals surface area (Å²) in [4.78, 5) is 26.2. The van der Waals surface area contributed by atoms with E-state index >= 15 is 0 Å². The van der Waals surface area contributed by atoms with E-state index < -0.39 is 0 Å². The third-order valence-corrected chi connectivity index (χ3v) is 5.09. The monoisotopic (exact) mass is 294 g/mol. The van der Waals surface area contributed by atoms with Crippen LogP contribution in [0.25, 0.3) is 0 Å². The average molecular weight is 294 g/mol. The highest BCUT2D eigenvalue weighted by molar-refractivity contribution is 6.05. The molecule has 21 heavy (non-hydrogen) atoms. The SMILES string of the molecule is O=C1CC(NCCC2CCOC2)C(=O)N1C1CCCCC1.